The van der Waals surface area contributed by atoms with Gasteiger partial charge < -0.3 is 5.21 Å². The Morgan fingerprint density at radius 1 is 1.44 bits per heavy atom. The topological polar surface area (TPSA) is 43.8 Å². The number of hydrogen-bond donors (Lipinski definition) is 1. The number of fused-ring (bicyclic) bond motifs is 1. The SMILES string of the molecule is CCN(O)CCCC1C(=O)N(P)c2ccccc21. The minimum atomic E-state index is -0.0658. The molecule has 1 aromatic carbocycles. The van der Waals surface area contributed by atoms with E-state index in [1.165, 1.54) is 5.06 Å². The second-order valence-electron chi connectivity index (χ2n) is 4.51. The van der Waals surface area contributed by atoms with Gasteiger partial charge in [-0.05, 0) is 33.9 Å². The maximum Gasteiger partial charge on any atom is 0.237 e. The number of hydrogen-bond acceptors (Lipinski definition) is 3. The number of amides is 1. The van der Waals surface area contributed by atoms with Crippen LogP contribution in [0.1, 0.15) is 31.2 Å². The minimum absolute atomic E-state index is 0.0658. The van der Waals surface area contributed by atoms with Crippen LogP contribution in [0.25, 0.3) is 0 Å². The zero-order chi connectivity index (χ0) is 13.1. The second kappa shape index (κ2) is 5.79. The van der Waals surface area contributed by atoms with Crippen LogP contribution >= 0.6 is 9.39 Å². The first-order valence-corrected chi connectivity index (χ1v) is 6.78. The lowest BCUT2D eigenvalue weighted by Crippen LogP contribution is -2.22. The average Bonchev–Trinajstić information content (AvgIpc) is 2.64. The van der Waals surface area contributed by atoms with Gasteiger partial charge in [-0.25, -0.2) is 0 Å². The van der Waals surface area contributed by atoms with Crippen molar-refractivity contribution in [3.63, 3.8) is 0 Å². The second-order valence-corrected chi connectivity index (χ2v) is 5.02. The highest BCUT2D eigenvalue weighted by molar-refractivity contribution is 7.21. The Balaban J connectivity index is 2.03. The van der Waals surface area contributed by atoms with E-state index in [2.05, 4.69) is 9.39 Å². The number of anilines is 1. The van der Waals surface area contributed by atoms with E-state index in [9.17, 15) is 10.0 Å². The summed E-state index contributed by atoms with van der Waals surface area (Å²) in [6.07, 6.45) is 1.59. The maximum absolute atomic E-state index is 12.1. The van der Waals surface area contributed by atoms with Gasteiger partial charge in [-0.3, -0.25) is 9.46 Å². The molecule has 0 saturated heterocycles. The van der Waals surface area contributed by atoms with Crippen LogP contribution in [-0.4, -0.2) is 29.3 Å². The highest BCUT2D eigenvalue weighted by Crippen LogP contribution is 2.41. The lowest BCUT2D eigenvalue weighted by Gasteiger charge is -2.14. The molecule has 5 heteroatoms. The van der Waals surface area contributed by atoms with Crippen LogP contribution in [0.5, 0.6) is 0 Å². The van der Waals surface area contributed by atoms with Crippen LogP contribution < -0.4 is 4.67 Å². The molecule has 2 unspecified atom stereocenters. The Bertz CT molecular complexity index is 439. The maximum atomic E-state index is 12.1. The fourth-order valence-electron chi connectivity index (χ4n) is 2.34. The zero-order valence-corrected chi connectivity index (χ0v) is 11.7. The van der Waals surface area contributed by atoms with E-state index in [1.807, 2.05) is 31.2 Å². The summed E-state index contributed by atoms with van der Waals surface area (Å²) in [5, 5.41) is 10.7. The molecule has 1 aliphatic rings. The molecule has 0 aromatic heterocycles. The van der Waals surface area contributed by atoms with Crippen LogP contribution in [0.15, 0.2) is 24.3 Å². The average molecular weight is 266 g/mol. The van der Waals surface area contributed by atoms with E-state index in [0.717, 1.165) is 24.1 Å². The Morgan fingerprint density at radius 3 is 2.89 bits per heavy atom. The molecule has 18 heavy (non-hydrogen) atoms. The molecule has 4 nitrogen and oxygen atoms in total. The van der Waals surface area contributed by atoms with E-state index in [4.69, 9.17) is 0 Å². The van der Waals surface area contributed by atoms with Gasteiger partial charge in [0.05, 0.1) is 11.6 Å². The molecule has 2 atom stereocenters. The Labute approximate surface area is 110 Å². The van der Waals surface area contributed by atoms with Gasteiger partial charge in [0, 0.05) is 13.1 Å². The molecule has 98 valence electrons. The first kappa shape index (κ1) is 13.5. The molecule has 0 spiro atoms. The van der Waals surface area contributed by atoms with Crippen molar-refractivity contribution in [2.75, 3.05) is 17.8 Å². The van der Waals surface area contributed by atoms with E-state index in [-0.39, 0.29) is 11.8 Å². The molecular weight excluding hydrogens is 247 g/mol. The third-order valence-electron chi connectivity index (χ3n) is 3.38. The van der Waals surface area contributed by atoms with Gasteiger partial charge in [0.2, 0.25) is 5.91 Å². The van der Waals surface area contributed by atoms with Gasteiger partial charge in [-0.1, -0.05) is 25.1 Å². The molecule has 0 radical (unpaired) electrons. The molecule has 1 heterocycles. The summed E-state index contributed by atoms with van der Waals surface area (Å²) in [7, 11) is 2.48. The van der Waals surface area contributed by atoms with Crippen molar-refractivity contribution in [1.82, 2.24) is 5.06 Å². The smallest absolute Gasteiger partial charge is 0.237 e. The molecule has 1 aromatic rings. The van der Waals surface area contributed by atoms with E-state index >= 15 is 0 Å². The van der Waals surface area contributed by atoms with E-state index in [1.54, 1.807) is 4.67 Å². The van der Waals surface area contributed by atoms with Crippen LogP contribution in [-0.2, 0) is 4.79 Å². The number of carbonyl (C=O) groups excluding carboxylic acids is 1. The molecule has 1 aliphatic heterocycles. The Kier molecular flexibility index (Phi) is 4.33. The van der Waals surface area contributed by atoms with E-state index in [0.29, 0.717) is 13.1 Å². The molecule has 0 bridgehead atoms. The summed E-state index contributed by atoms with van der Waals surface area (Å²) in [6, 6.07) is 7.88. The first-order valence-electron chi connectivity index (χ1n) is 6.26. The number of carbonyl (C=O) groups is 1. The monoisotopic (exact) mass is 266 g/mol. The summed E-state index contributed by atoms with van der Waals surface area (Å²) < 4.78 is 1.65. The molecule has 1 amide bonds. The predicted octanol–water partition coefficient (Wildman–Crippen LogP) is 2.40. The third-order valence-corrected chi connectivity index (χ3v) is 3.91. The first-order chi connectivity index (χ1) is 8.65. The Morgan fingerprint density at radius 2 is 2.17 bits per heavy atom. The zero-order valence-electron chi connectivity index (χ0n) is 10.5. The molecular formula is C13H19N2O2P. The largest absolute Gasteiger partial charge is 0.314 e. The lowest BCUT2D eigenvalue weighted by atomic mass is 9.96. The quantitative estimate of drug-likeness (QED) is 0.657. The van der Waals surface area contributed by atoms with Crippen LogP contribution in [0.2, 0.25) is 0 Å². The standard InChI is InChI=1S/C13H19N2O2P/c1-2-14(17)9-5-7-11-10-6-3-4-8-12(10)15(18)13(11)16/h3-4,6,8,11,17H,2,5,7,9,18H2,1H3. The molecule has 2 rings (SSSR count). The molecule has 0 fully saturated rings. The van der Waals surface area contributed by atoms with Crippen LogP contribution in [0, 0.1) is 0 Å². The van der Waals surface area contributed by atoms with Crippen molar-refractivity contribution in [1.29, 1.82) is 0 Å². The number of benzene rings is 1. The summed E-state index contributed by atoms with van der Waals surface area (Å²) in [5.74, 6) is 0.0612. The van der Waals surface area contributed by atoms with Gasteiger partial charge >= 0.3 is 0 Å². The summed E-state index contributed by atoms with van der Waals surface area (Å²) >= 11 is 0. The van der Waals surface area contributed by atoms with Gasteiger partial charge in [-0.15, -0.1) is 0 Å². The van der Waals surface area contributed by atoms with Crippen molar-refractivity contribution in [2.24, 2.45) is 0 Å². The third kappa shape index (κ3) is 2.56. The number of rotatable bonds is 5. The van der Waals surface area contributed by atoms with Crippen molar-refractivity contribution in [2.45, 2.75) is 25.7 Å². The number of nitrogens with zero attached hydrogens (tertiary/aromatic N) is 2. The highest BCUT2D eigenvalue weighted by Gasteiger charge is 2.34. The van der Waals surface area contributed by atoms with Crippen molar-refractivity contribution < 1.29 is 10.0 Å². The van der Waals surface area contributed by atoms with E-state index < -0.39 is 0 Å². The minimum Gasteiger partial charge on any atom is -0.314 e. The van der Waals surface area contributed by atoms with Crippen molar-refractivity contribution in [3.05, 3.63) is 29.8 Å². The summed E-state index contributed by atoms with van der Waals surface area (Å²) in [5.41, 5.74) is 2.08. The fraction of sp³-hybridized carbons (Fsp3) is 0.462. The van der Waals surface area contributed by atoms with Crippen molar-refractivity contribution >= 4 is 21.0 Å². The van der Waals surface area contributed by atoms with Crippen LogP contribution in [0.4, 0.5) is 5.69 Å². The predicted molar refractivity (Wildman–Crippen MR) is 74.6 cm³/mol. The van der Waals surface area contributed by atoms with Crippen molar-refractivity contribution in [3.8, 4) is 0 Å². The van der Waals surface area contributed by atoms with Gasteiger partial charge in [0.25, 0.3) is 0 Å². The summed E-state index contributed by atoms with van der Waals surface area (Å²) in [4.78, 5) is 12.1. The molecule has 0 aliphatic carbocycles. The Hall–Kier alpha value is -0.960. The van der Waals surface area contributed by atoms with Crippen LogP contribution in [0.3, 0.4) is 0 Å². The summed E-state index contributed by atoms with van der Waals surface area (Å²) in [6.45, 7) is 3.13. The lowest BCUT2D eigenvalue weighted by molar-refractivity contribution is -0.118. The fourth-order valence-corrected chi connectivity index (χ4v) is 2.75. The molecule has 0 saturated carbocycles. The number of hydroxylamine groups is 2. The normalized spacial score (nSPS) is 18.6. The van der Waals surface area contributed by atoms with Gasteiger partial charge in [0.1, 0.15) is 0 Å². The highest BCUT2D eigenvalue weighted by atomic mass is 31.0. The van der Waals surface area contributed by atoms with Gasteiger partial charge in [0.15, 0.2) is 0 Å². The number of para-hydroxylation sites is 1. The van der Waals surface area contributed by atoms with Gasteiger partial charge in [-0.2, -0.15) is 5.06 Å². The molecule has 1 N–H and O–H groups in total.